The maximum atomic E-state index is 6.39. The smallest absolute Gasteiger partial charge is 0.167 e. The fourth-order valence-electron chi connectivity index (χ4n) is 3.59. The second kappa shape index (κ2) is 6.21. The van der Waals surface area contributed by atoms with Gasteiger partial charge in [-0.15, -0.1) is 0 Å². The fourth-order valence-corrected chi connectivity index (χ4v) is 3.59. The molecular weight excluding hydrogens is 340 g/mol. The second-order valence-electron chi connectivity index (χ2n) is 6.76. The number of fused-ring (bicyclic) bond motifs is 2. The predicted octanol–water partition coefficient (Wildman–Crippen LogP) is 2.67. The van der Waals surface area contributed by atoms with Crippen molar-refractivity contribution in [2.75, 3.05) is 36.9 Å². The summed E-state index contributed by atoms with van der Waals surface area (Å²) in [5.41, 5.74) is 11.0. The van der Waals surface area contributed by atoms with E-state index >= 15 is 0 Å². The van der Waals surface area contributed by atoms with E-state index in [0.29, 0.717) is 19.0 Å². The molecular formula is C20H20N6O. The molecule has 1 saturated heterocycles. The van der Waals surface area contributed by atoms with Crippen LogP contribution in [-0.2, 0) is 4.74 Å². The largest absolute Gasteiger partial charge is 0.383 e. The van der Waals surface area contributed by atoms with E-state index < -0.39 is 0 Å². The molecule has 0 atom stereocenters. The highest BCUT2D eigenvalue weighted by Crippen LogP contribution is 2.31. The first-order chi connectivity index (χ1) is 13.2. The third kappa shape index (κ3) is 2.59. The molecule has 0 amide bonds. The summed E-state index contributed by atoms with van der Waals surface area (Å²) in [4.78, 5) is 11.7. The van der Waals surface area contributed by atoms with Gasteiger partial charge in [0.2, 0.25) is 0 Å². The van der Waals surface area contributed by atoms with Gasteiger partial charge in [0.15, 0.2) is 5.65 Å². The van der Waals surface area contributed by atoms with Crippen molar-refractivity contribution in [3.8, 4) is 11.1 Å². The highest BCUT2D eigenvalue weighted by Gasteiger charge is 2.20. The molecule has 0 radical (unpaired) electrons. The molecule has 0 spiro atoms. The molecule has 136 valence electrons. The molecule has 7 nitrogen and oxygen atoms in total. The molecule has 1 fully saturated rings. The fraction of sp³-hybridized carbons (Fsp3) is 0.250. The van der Waals surface area contributed by atoms with Crippen molar-refractivity contribution in [1.29, 1.82) is 0 Å². The van der Waals surface area contributed by atoms with Crippen LogP contribution in [0.4, 0.5) is 11.6 Å². The van der Waals surface area contributed by atoms with Gasteiger partial charge in [0.25, 0.3) is 0 Å². The van der Waals surface area contributed by atoms with Crippen molar-refractivity contribution >= 4 is 28.2 Å². The number of hydrogen-bond acceptors (Lipinski definition) is 6. The van der Waals surface area contributed by atoms with Gasteiger partial charge in [-0.05, 0) is 19.1 Å². The number of benzene rings is 1. The highest BCUT2D eigenvalue weighted by molar-refractivity contribution is 5.87. The van der Waals surface area contributed by atoms with Gasteiger partial charge in [0.1, 0.15) is 11.6 Å². The second-order valence-corrected chi connectivity index (χ2v) is 6.76. The first-order valence-electron chi connectivity index (χ1n) is 9.04. The van der Waals surface area contributed by atoms with E-state index in [0.717, 1.165) is 52.1 Å². The first kappa shape index (κ1) is 16.0. The molecule has 2 N–H and O–H groups in total. The van der Waals surface area contributed by atoms with E-state index in [1.54, 1.807) is 4.52 Å². The molecule has 3 aromatic heterocycles. The average Bonchev–Trinajstić information content (AvgIpc) is 3.15. The first-order valence-corrected chi connectivity index (χ1v) is 9.04. The van der Waals surface area contributed by atoms with Gasteiger partial charge in [0.05, 0.1) is 24.9 Å². The zero-order valence-corrected chi connectivity index (χ0v) is 15.1. The lowest BCUT2D eigenvalue weighted by Gasteiger charge is -2.29. The zero-order chi connectivity index (χ0) is 18.4. The molecule has 4 aromatic rings. The van der Waals surface area contributed by atoms with E-state index in [9.17, 15) is 0 Å². The molecule has 4 heterocycles. The van der Waals surface area contributed by atoms with Crippen LogP contribution in [0.15, 0.2) is 42.7 Å². The summed E-state index contributed by atoms with van der Waals surface area (Å²) in [6, 6.07) is 10.2. The SMILES string of the molecule is Cc1c(N2CCOCC2)nc2c(-c3cnc4ccccc4c3)cnn2c1N. The molecule has 7 heteroatoms. The molecule has 1 aliphatic heterocycles. The van der Waals surface area contributed by atoms with Crippen molar-refractivity contribution in [2.45, 2.75) is 6.92 Å². The number of hydrogen-bond donors (Lipinski definition) is 1. The van der Waals surface area contributed by atoms with Crippen molar-refractivity contribution in [1.82, 2.24) is 19.6 Å². The standard InChI is InChI=1S/C20H20N6O/c1-13-18(21)26-20(24-19(13)25-6-8-27-9-7-25)16(12-23-26)15-10-14-4-2-3-5-17(14)22-11-15/h2-5,10-12H,6-9,21H2,1H3. The number of morpholine rings is 1. The van der Waals surface area contributed by atoms with Crippen LogP contribution in [0, 0.1) is 6.92 Å². The minimum atomic E-state index is 0.612. The van der Waals surface area contributed by atoms with Crippen LogP contribution < -0.4 is 10.6 Å². The lowest BCUT2D eigenvalue weighted by atomic mass is 10.1. The van der Waals surface area contributed by atoms with Crippen molar-refractivity contribution in [3.63, 3.8) is 0 Å². The van der Waals surface area contributed by atoms with Gasteiger partial charge in [-0.1, -0.05) is 18.2 Å². The number of rotatable bonds is 2. The summed E-state index contributed by atoms with van der Waals surface area (Å²) in [5.74, 6) is 1.51. The Labute approximate surface area is 156 Å². The number of aromatic nitrogens is 4. The summed E-state index contributed by atoms with van der Waals surface area (Å²) in [6.45, 7) is 5.01. The van der Waals surface area contributed by atoms with E-state index in [1.165, 1.54) is 0 Å². The maximum Gasteiger partial charge on any atom is 0.167 e. The minimum Gasteiger partial charge on any atom is -0.383 e. The summed E-state index contributed by atoms with van der Waals surface area (Å²) in [7, 11) is 0. The number of pyridine rings is 1. The third-order valence-corrected chi connectivity index (χ3v) is 5.12. The topological polar surface area (TPSA) is 81.6 Å². The molecule has 1 aliphatic rings. The van der Waals surface area contributed by atoms with Crippen molar-refractivity contribution < 1.29 is 4.74 Å². The molecule has 27 heavy (non-hydrogen) atoms. The van der Waals surface area contributed by atoms with Gasteiger partial charge in [-0.3, -0.25) is 4.98 Å². The number of nitrogens with two attached hydrogens (primary N) is 1. The summed E-state index contributed by atoms with van der Waals surface area (Å²) < 4.78 is 7.18. The lowest BCUT2D eigenvalue weighted by Crippen LogP contribution is -2.37. The molecule has 1 aromatic carbocycles. The van der Waals surface area contributed by atoms with E-state index in [2.05, 4.69) is 27.1 Å². The zero-order valence-electron chi connectivity index (χ0n) is 15.1. The molecule has 5 rings (SSSR count). The molecule has 0 bridgehead atoms. The molecule has 0 unspecified atom stereocenters. The number of anilines is 2. The Morgan fingerprint density at radius 1 is 1.11 bits per heavy atom. The monoisotopic (exact) mass is 360 g/mol. The Balaban J connectivity index is 1.69. The minimum absolute atomic E-state index is 0.612. The van der Waals surface area contributed by atoms with Gasteiger partial charge in [-0.2, -0.15) is 9.61 Å². The Morgan fingerprint density at radius 2 is 1.93 bits per heavy atom. The number of nitrogens with zero attached hydrogens (tertiary/aromatic N) is 5. The van der Waals surface area contributed by atoms with Crippen LogP contribution in [0.3, 0.4) is 0 Å². The van der Waals surface area contributed by atoms with Gasteiger partial charge < -0.3 is 15.4 Å². The van der Waals surface area contributed by atoms with Gasteiger partial charge >= 0.3 is 0 Å². The lowest BCUT2D eigenvalue weighted by molar-refractivity contribution is 0.122. The van der Waals surface area contributed by atoms with Crippen molar-refractivity contribution in [3.05, 3.63) is 48.3 Å². The van der Waals surface area contributed by atoms with E-state index in [1.807, 2.05) is 37.5 Å². The van der Waals surface area contributed by atoms with Gasteiger partial charge in [0, 0.05) is 41.4 Å². The van der Waals surface area contributed by atoms with Crippen LogP contribution in [0.2, 0.25) is 0 Å². The van der Waals surface area contributed by atoms with E-state index in [4.69, 9.17) is 15.5 Å². The molecule has 0 aliphatic carbocycles. The number of ether oxygens (including phenoxy) is 1. The van der Waals surface area contributed by atoms with Crippen LogP contribution in [0.1, 0.15) is 5.56 Å². The summed E-state index contributed by atoms with van der Waals surface area (Å²) in [6.07, 6.45) is 3.68. The molecule has 0 saturated carbocycles. The highest BCUT2D eigenvalue weighted by atomic mass is 16.5. The predicted molar refractivity (Wildman–Crippen MR) is 106 cm³/mol. The van der Waals surface area contributed by atoms with Crippen LogP contribution in [0.5, 0.6) is 0 Å². The Kier molecular flexibility index (Phi) is 3.68. The van der Waals surface area contributed by atoms with Crippen molar-refractivity contribution in [2.24, 2.45) is 0 Å². The number of nitrogen functional groups attached to an aromatic ring is 1. The van der Waals surface area contributed by atoms with Crippen LogP contribution >= 0.6 is 0 Å². The Morgan fingerprint density at radius 3 is 2.78 bits per heavy atom. The number of para-hydroxylation sites is 1. The quantitative estimate of drug-likeness (QED) is 0.592. The van der Waals surface area contributed by atoms with Crippen LogP contribution in [0.25, 0.3) is 27.7 Å². The normalized spacial score (nSPS) is 14.9. The van der Waals surface area contributed by atoms with E-state index in [-0.39, 0.29) is 0 Å². The van der Waals surface area contributed by atoms with Crippen LogP contribution in [-0.4, -0.2) is 45.9 Å². The Bertz CT molecular complexity index is 1150. The van der Waals surface area contributed by atoms with Gasteiger partial charge in [-0.25, -0.2) is 4.98 Å². The summed E-state index contributed by atoms with van der Waals surface area (Å²) in [5, 5.41) is 5.57. The maximum absolute atomic E-state index is 6.39. The summed E-state index contributed by atoms with van der Waals surface area (Å²) >= 11 is 0. The third-order valence-electron chi connectivity index (χ3n) is 5.12. The Hall–Kier alpha value is -3.19. The average molecular weight is 360 g/mol.